The highest BCUT2D eigenvalue weighted by Crippen LogP contribution is 2.31. The summed E-state index contributed by atoms with van der Waals surface area (Å²) in [5.41, 5.74) is 0.108. The summed E-state index contributed by atoms with van der Waals surface area (Å²) in [4.78, 5) is 2.39. The minimum absolute atomic E-state index is 0.0792. The third-order valence-corrected chi connectivity index (χ3v) is 4.15. The van der Waals surface area contributed by atoms with Crippen molar-refractivity contribution in [3.05, 3.63) is 35.4 Å². The Morgan fingerprint density at radius 1 is 1.24 bits per heavy atom. The summed E-state index contributed by atoms with van der Waals surface area (Å²) in [5.74, 6) is 0. The molecule has 1 N–H and O–H groups in total. The monoisotopic (exact) mass is 300 g/mol. The van der Waals surface area contributed by atoms with Crippen LogP contribution >= 0.6 is 0 Å². The molecule has 2 nitrogen and oxygen atoms in total. The van der Waals surface area contributed by atoms with Crippen LogP contribution in [0.5, 0.6) is 0 Å². The first-order valence-electron chi connectivity index (χ1n) is 7.44. The lowest BCUT2D eigenvalue weighted by molar-refractivity contribution is -0.137. The number of benzene rings is 1. The Bertz CT molecular complexity index is 471. The van der Waals surface area contributed by atoms with E-state index in [1.54, 1.807) is 6.07 Å². The van der Waals surface area contributed by atoms with Gasteiger partial charge in [-0.2, -0.15) is 13.2 Å². The third-order valence-electron chi connectivity index (χ3n) is 4.15. The lowest BCUT2D eigenvalue weighted by Gasteiger charge is -2.23. The number of hydrogen-bond acceptors (Lipinski definition) is 2. The van der Waals surface area contributed by atoms with Gasteiger partial charge in [0, 0.05) is 24.7 Å². The van der Waals surface area contributed by atoms with Crippen LogP contribution < -0.4 is 5.32 Å². The minimum atomic E-state index is -4.28. The van der Waals surface area contributed by atoms with Gasteiger partial charge in [0.25, 0.3) is 0 Å². The van der Waals surface area contributed by atoms with Gasteiger partial charge in [0.05, 0.1) is 5.56 Å². The molecule has 0 spiro atoms. The van der Waals surface area contributed by atoms with Crippen LogP contribution in [0.15, 0.2) is 24.3 Å². The highest BCUT2D eigenvalue weighted by molar-refractivity contribution is 5.27. The van der Waals surface area contributed by atoms with Gasteiger partial charge in [-0.15, -0.1) is 0 Å². The second-order valence-electron chi connectivity index (χ2n) is 6.09. The largest absolute Gasteiger partial charge is 0.416 e. The van der Waals surface area contributed by atoms with Crippen LogP contribution in [-0.4, -0.2) is 30.1 Å². The van der Waals surface area contributed by atoms with Gasteiger partial charge in [-0.3, -0.25) is 4.90 Å². The number of nitrogens with zero attached hydrogens (tertiary/aromatic N) is 1. The Kier molecular flexibility index (Phi) is 4.94. The molecule has 1 fully saturated rings. The molecule has 0 aliphatic carbocycles. The number of halogens is 3. The molecule has 5 heteroatoms. The third kappa shape index (κ3) is 4.20. The Labute approximate surface area is 124 Å². The summed E-state index contributed by atoms with van der Waals surface area (Å²) >= 11 is 0. The summed E-state index contributed by atoms with van der Waals surface area (Å²) in [7, 11) is 0. The highest BCUT2D eigenvalue weighted by atomic mass is 19.4. The quantitative estimate of drug-likeness (QED) is 0.909. The van der Waals surface area contributed by atoms with E-state index in [9.17, 15) is 13.2 Å². The lowest BCUT2D eigenvalue weighted by atomic mass is 10.0. The summed E-state index contributed by atoms with van der Waals surface area (Å²) in [6.07, 6.45) is -3.24. The molecule has 1 aliphatic rings. The Morgan fingerprint density at radius 2 is 1.95 bits per heavy atom. The molecule has 2 unspecified atom stereocenters. The van der Waals surface area contributed by atoms with E-state index in [1.165, 1.54) is 12.1 Å². The normalized spacial score (nSPS) is 22.0. The van der Waals surface area contributed by atoms with Crippen molar-refractivity contribution in [3.63, 3.8) is 0 Å². The molecular weight excluding hydrogens is 277 g/mol. The predicted molar refractivity (Wildman–Crippen MR) is 78.1 cm³/mol. The number of alkyl halides is 3. The molecule has 1 aromatic rings. The fourth-order valence-corrected chi connectivity index (χ4v) is 2.83. The van der Waals surface area contributed by atoms with E-state index < -0.39 is 11.7 Å². The van der Waals surface area contributed by atoms with Crippen molar-refractivity contribution in [1.82, 2.24) is 10.2 Å². The molecule has 1 aromatic carbocycles. The van der Waals surface area contributed by atoms with Gasteiger partial charge in [0.15, 0.2) is 0 Å². The molecule has 0 saturated carbocycles. The summed E-state index contributed by atoms with van der Waals surface area (Å²) in [6.45, 7) is 8.26. The Balaban J connectivity index is 1.99. The smallest absolute Gasteiger partial charge is 0.306 e. The average molecular weight is 300 g/mol. The second-order valence-corrected chi connectivity index (χ2v) is 6.09. The fourth-order valence-electron chi connectivity index (χ4n) is 2.83. The molecule has 0 radical (unpaired) electrons. The standard InChI is InChI=1S/C16H23F3N2/c1-11(2)21-8-7-15(10-21)20-12(3)13-5-4-6-14(9-13)16(17,18)19/h4-6,9,11-12,15,20H,7-8,10H2,1-3H3. The SMILES string of the molecule is CC(NC1CCN(C(C)C)C1)c1cccc(C(F)(F)F)c1. The Hall–Kier alpha value is -1.07. The summed E-state index contributed by atoms with van der Waals surface area (Å²) in [5, 5.41) is 3.45. The first kappa shape index (κ1) is 16.3. The number of rotatable bonds is 4. The van der Waals surface area contributed by atoms with Gasteiger partial charge in [0.2, 0.25) is 0 Å². The molecule has 0 amide bonds. The molecule has 1 saturated heterocycles. The van der Waals surface area contributed by atoms with Crippen molar-refractivity contribution in [2.24, 2.45) is 0 Å². The molecule has 2 rings (SSSR count). The first-order chi connectivity index (χ1) is 9.77. The zero-order valence-electron chi connectivity index (χ0n) is 12.7. The van der Waals surface area contributed by atoms with Crippen LogP contribution in [0.4, 0.5) is 13.2 Å². The van der Waals surface area contributed by atoms with Crippen molar-refractivity contribution in [2.75, 3.05) is 13.1 Å². The van der Waals surface area contributed by atoms with Crippen molar-refractivity contribution in [2.45, 2.75) is 51.5 Å². The van der Waals surface area contributed by atoms with E-state index in [-0.39, 0.29) is 6.04 Å². The van der Waals surface area contributed by atoms with E-state index in [2.05, 4.69) is 24.1 Å². The topological polar surface area (TPSA) is 15.3 Å². The molecule has 2 atom stereocenters. The number of likely N-dealkylation sites (tertiary alicyclic amines) is 1. The number of nitrogens with one attached hydrogen (secondary N) is 1. The molecule has 21 heavy (non-hydrogen) atoms. The number of hydrogen-bond donors (Lipinski definition) is 1. The summed E-state index contributed by atoms with van der Waals surface area (Å²) < 4.78 is 38.2. The van der Waals surface area contributed by atoms with Crippen LogP contribution in [0.1, 0.15) is 44.4 Å². The van der Waals surface area contributed by atoms with E-state index in [4.69, 9.17) is 0 Å². The minimum Gasteiger partial charge on any atom is -0.306 e. The summed E-state index contributed by atoms with van der Waals surface area (Å²) in [6, 6.07) is 6.37. The van der Waals surface area contributed by atoms with Gasteiger partial charge in [-0.05, 0) is 51.4 Å². The molecular formula is C16H23F3N2. The lowest BCUT2D eigenvalue weighted by Crippen LogP contribution is -2.36. The van der Waals surface area contributed by atoms with Crippen LogP contribution in [0.2, 0.25) is 0 Å². The second kappa shape index (κ2) is 6.36. The van der Waals surface area contributed by atoms with Gasteiger partial charge >= 0.3 is 6.18 Å². The average Bonchev–Trinajstić information content (AvgIpc) is 2.86. The maximum atomic E-state index is 12.7. The van der Waals surface area contributed by atoms with E-state index in [0.717, 1.165) is 25.6 Å². The van der Waals surface area contributed by atoms with Gasteiger partial charge in [-0.25, -0.2) is 0 Å². The fraction of sp³-hybridized carbons (Fsp3) is 0.625. The van der Waals surface area contributed by atoms with E-state index in [0.29, 0.717) is 17.6 Å². The maximum Gasteiger partial charge on any atom is 0.416 e. The van der Waals surface area contributed by atoms with Crippen LogP contribution in [0.3, 0.4) is 0 Å². The van der Waals surface area contributed by atoms with Crippen molar-refractivity contribution < 1.29 is 13.2 Å². The zero-order chi connectivity index (χ0) is 15.6. The van der Waals surface area contributed by atoms with Gasteiger partial charge < -0.3 is 5.32 Å². The van der Waals surface area contributed by atoms with Crippen molar-refractivity contribution in [1.29, 1.82) is 0 Å². The highest BCUT2D eigenvalue weighted by Gasteiger charge is 2.31. The van der Waals surface area contributed by atoms with Crippen LogP contribution in [0, 0.1) is 0 Å². The Morgan fingerprint density at radius 3 is 2.52 bits per heavy atom. The van der Waals surface area contributed by atoms with E-state index >= 15 is 0 Å². The molecule has 1 aliphatic heterocycles. The molecule has 1 heterocycles. The van der Waals surface area contributed by atoms with Crippen LogP contribution in [0.25, 0.3) is 0 Å². The first-order valence-corrected chi connectivity index (χ1v) is 7.44. The molecule has 0 aromatic heterocycles. The van der Waals surface area contributed by atoms with Crippen molar-refractivity contribution >= 4 is 0 Å². The van der Waals surface area contributed by atoms with Gasteiger partial charge in [0.1, 0.15) is 0 Å². The van der Waals surface area contributed by atoms with Crippen molar-refractivity contribution in [3.8, 4) is 0 Å². The zero-order valence-corrected chi connectivity index (χ0v) is 12.7. The maximum absolute atomic E-state index is 12.7. The van der Waals surface area contributed by atoms with E-state index in [1.807, 2.05) is 6.92 Å². The van der Waals surface area contributed by atoms with Crippen LogP contribution in [-0.2, 0) is 6.18 Å². The van der Waals surface area contributed by atoms with Gasteiger partial charge in [-0.1, -0.05) is 12.1 Å². The molecule has 0 bridgehead atoms. The molecule has 118 valence electrons. The predicted octanol–water partition coefficient (Wildman–Crippen LogP) is 3.84.